The van der Waals surface area contributed by atoms with Gasteiger partial charge in [0.25, 0.3) is 0 Å². The summed E-state index contributed by atoms with van der Waals surface area (Å²) in [7, 11) is 0. The van der Waals surface area contributed by atoms with Crippen LogP contribution in [0, 0.1) is 0 Å². The van der Waals surface area contributed by atoms with Gasteiger partial charge in [-0.1, -0.05) is 24.8 Å². The molecule has 12 heavy (non-hydrogen) atoms. The maximum Gasteiger partial charge on any atom is 0.152 e. The molecule has 0 aromatic carbocycles. The van der Waals surface area contributed by atoms with Crippen molar-refractivity contribution < 1.29 is 4.79 Å². The van der Waals surface area contributed by atoms with Crippen molar-refractivity contribution in [3.63, 3.8) is 0 Å². The van der Waals surface area contributed by atoms with Crippen LogP contribution in [0.1, 0.15) is 51.9 Å². The molecular formula is C11H18O. The highest BCUT2D eigenvalue weighted by Crippen LogP contribution is 2.21. The van der Waals surface area contributed by atoms with Crippen LogP contribution < -0.4 is 0 Å². The average Bonchev–Trinajstić information content (AvgIpc) is 1.93. The zero-order valence-corrected chi connectivity index (χ0v) is 7.94. The number of allylic oxidation sites excluding steroid dienone is 2. The van der Waals surface area contributed by atoms with Crippen LogP contribution in [0.15, 0.2) is 11.6 Å². The summed E-state index contributed by atoms with van der Waals surface area (Å²) in [6.45, 7) is 1.64. The van der Waals surface area contributed by atoms with Gasteiger partial charge in [-0.05, 0) is 38.7 Å². The quantitative estimate of drug-likeness (QED) is 0.546. The fraction of sp³-hybridized carbons (Fsp3) is 0.727. The molecular weight excluding hydrogens is 148 g/mol. The van der Waals surface area contributed by atoms with Crippen molar-refractivity contribution in [2.45, 2.75) is 51.9 Å². The molecule has 1 nitrogen and oxygen atoms in total. The highest BCUT2D eigenvalue weighted by Gasteiger charge is 2.03. The summed E-state index contributed by atoms with van der Waals surface area (Å²) in [6.07, 6.45) is 10.8. The van der Waals surface area contributed by atoms with E-state index in [1.165, 1.54) is 37.7 Å². The third-order valence-corrected chi connectivity index (χ3v) is 2.40. The molecule has 1 aliphatic carbocycles. The van der Waals surface area contributed by atoms with Crippen LogP contribution in [0.4, 0.5) is 0 Å². The molecule has 1 rings (SSSR count). The third-order valence-electron chi connectivity index (χ3n) is 2.40. The summed E-state index contributed by atoms with van der Waals surface area (Å²) >= 11 is 0. The maximum atomic E-state index is 10.8. The van der Waals surface area contributed by atoms with Crippen LogP contribution in [-0.4, -0.2) is 5.78 Å². The number of rotatable bonds is 1. The predicted molar refractivity (Wildman–Crippen MR) is 51.1 cm³/mol. The number of ketones is 1. The Labute approximate surface area is 74.9 Å². The number of hydrogen-bond donors (Lipinski definition) is 0. The smallest absolute Gasteiger partial charge is 0.152 e. The van der Waals surface area contributed by atoms with Crippen molar-refractivity contribution in [3.05, 3.63) is 11.6 Å². The van der Waals surface area contributed by atoms with E-state index in [1.807, 2.05) is 6.08 Å². The summed E-state index contributed by atoms with van der Waals surface area (Å²) in [4.78, 5) is 10.8. The van der Waals surface area contributed by atoms with E-state index in [0.29, 0.717) is 0 Å². The van der Waals surface area contributed by atoms with Crippen LogP contribution in [0.5, 0.6) is 0 Å². The molecule has 0 saturated heterocycles. The molecule has 0 atom stereocenters. The first-order valence-corrected chi connectivity index (χ1v) is 4.99. The Hall–Kier alpha value is -0.590. The lowest BCUT2D eigenvalue weighted by atomic mass is 9.95. The molecule has 1 saturated carbocycles. The molecule has 1 fully saturated rings. The van der Waals surface area contributed by atoms with E-state index in [1.54, 1.807) is 6.92 Å². The molecule has 1 heteroatoms. The summed E-state index contributed by atoms with van der Waals surface area (Å²) in [5, 5.41) is 0. The van der Waals surface area contributed by atoms with Gasteiger partial charge in [-0.2, -0.15) is 0 Å². The molecule has 0 radical (unpaired) electrons. The van der Waals surface area contributed by atoms with Crippen LogP contribution in [-0.2, 0) is 4.79 Å². The minimum Gasteiger partial charge on any atom is -0.295 e. The monoisotopic (exact) mass is 166 g/mol. The molecule has 0 N–H and O–H groups in total. The molecule has 0 aliphatic heterocycles. The fourth-order valence-corrected chi connectivity index (χ4v) is 1.79. The van der Waals surface area contributed by atoms with Gasteiger partial charge in [-0.25, -0.2) is 0 Å². The molecule has 1 aliphatic rings. The Morgan fingerprint density at radius 3 is 2.08 bits per heavy atom. The number of hydrogen-bond acceptors (Lipinski definition) is 1. The first kappa shape index (κ1) is 9.50. The van der Waals surface area contributed by atoms with Crippen molar-refractivity contribution in [2.75, 3.05) is 0 Å². The van der Waals surface area contributed by atoms with E-state index in [9.17, 15) is 4.79 Å². The molecule has 0 bridgehead atoms. The molecule has 0 heterocycles. The Kier molecular flexibility index (Phi) is 4.06. The van der Waals surface area contributed by atoms with Gasteiger partial charge >= 0.3 is 0 Å². The van der Waals surface area contributed by atoms with Gasteiger partial charge in [0.15, 0.2) is 5.78 Å². The second-order valence-electron chi connectivity index (χ2n) is 3.68. The van der Waals surface area contributed by atoms with Crippen molar-refractivity contribution in [3.8, 4) is 0 Å². The third kappa shape index (κ3) is 3.70. The van der Waals surface area contributed by atoms with Crippen LogP contribution >= 0.6 is 0 Å². The molecule has 0 aromatic rings. The van der Waals surface area contributed by atoms with Crippen LogP contribution in [0.2, 0.25) is 0 Å². The van der Waals surface area contributed by atoms with Gasteiger partial charge in [0.1, 0.15) is 0 Å². The van der Waals surface area contributed by atoms with Crippen molar-refractivity contribution in [2.24, 2.45) is 0 Å². The Morgan fingerprint density at radius 1 is 1.08 bits per heavy atom. The van der Waals surface area contributed by atoms with Crippen molar-refractivity contribution in [1.82, 2.24) is 0 Å². The van der Waals surface area contributed by atoms with E-state index in [0.717, 1.165) is 12.8 Å². The van der Waals surface area contributed by atoms with E-state index >= 15 is 0 Å². The molecule has 0 spiro atoms. The fourth-order valence-electron chi connectivity index (χ4n) is 1.79. The van der Waals surface area contributed by atoms with Gasteiger partial charge < -0.3 is 0 Å². The zero-order valence-electron chi connectivity index (χ0n) is 7.94. The SMILES string of the molecule is CC(=O)C=C1CCCCCCC1. The highest BCUT2D eigenvalue weighted by atomic mass is 16.1. The summed E-state index contributed by atoms with van der Waals surface area (Å²) in [5.74, 6) is 0.213. The minimum atomic E-state index is 0.213. The van der Waals surface area contributed by atoms with Gasteiger partial charge in [0, 0.05) is 0 Å². The number of carbonyl (C=O) groups excluding carboxylic acids is 1. The Balaban J connectivity index is 2.44. The maximum absolute atomic E-state index is 10.8. The van der Waals surface area contributed by atoms with Gasteiger partial charge in [0.2, 0.25) is 0 Å². The first-order chi connectivity index (χ1) is 5.79. The summed E-state index contributed by atoms with van der Waals surface area (Å²) in [6, 6.07) is 0. The zero-order chi connectivity index (χ0) is 8.81. The summed E-state index contributed by atoms with van der Waals surface area (Å²) in [5.41, 5.74) is 1.38. The van der Waals surface area contributed by atoms with E-state index < -0.39 is 0 Å². The van der Waals surface area contributed by atoms with Gasteiger partial charge in [-0.3, -0.25) is 4.79 Å². The molecule has 0 amide bonds. The second kappa shape index (κ2) is 5.13. The van der Waals surface area contributed by atoms with Crippen molar-refractivity contribution >= 4 is 5.78 Å². The van der Waals surface area contributed by atoms with Crippen molar-refractivity contribution in [1.29, 1.82) is 0 Å². The van der Waals surface area contributed by atoms with E-state index in [2.05, 4.69) is 0 Å². The predicted octanol–water partition coefficient (Wildman–Crippen LogP) is 3.25. The lowest BCUT2D eigenvalue weighted by Gasteiger charge is -2.10. The lowest BCUT2D eigenvalue weighted by molar-refractivity contribution is -0.112. The first-order valence-electron chi connectivity index (χ1n) is 4.99. The second-order valence-corrected chi connectivity index (χ2v) is 3.68. The minimum absolute atomic E-state index is 0.213. The summed E-state index contributed by atoms with van der Waals surface area (Å²) < 4.78 is 0. The molecule has 0 aromatic heterocycles. The standard InChI is InChI=1S/C11H18O/c1-10(12)9-11-7-5-3-2-4-6-8-11/h9H,2-8H2,1H3. The molecule has 68 valence electrons. The van der Waals surface area contributed by atoms with Gasteiger partial charge in [0.05, 0.1) is 0 Å². The van der Waals surface area contributed by atoms with Crippen LogP contribution in [0.3, 0.4) is 0 Å². The normalized spacial score (nSPS) is 19.6. The molecule has 0 unspecified atom stereocenters. The Bertz CT molecular complexity index is 169. The lowest BCUT2D eigenvalue weighted by Crippen LogP contribution is -1.94. The van der Waals surface area contributed by atoms with Crippen LogP contribution in [0.25, 0.3) is 0 Å². The number of carbonyl (C=O) groups is 1. The average molecular weight is 166 g/mol. The largest absolute Gasteiger partial charge is 0.295 e. The van der Waals surface area contributed by atoms with E-state index in [-0.39, 0.29) is 5.78 Å². The van der Waals surface area contributed by atoms with Gasteiger partial charge in [-0.15, -0.1) is 0 Å². The highest BCUT2D eigenvalue weighted by molar-refractivity contribution is 5.87. The Morgan fingerprint density at radius 2 is 1.58 bits per heavy atom. The van der Waals surface area contributed by atoms with E-state index in [4.69, 9.17) is 0 Å². The topological polar surface area (TPSA) is 17.1 Å².